The van der Waals surface area contributed by atoms with E-state index >= 15 is 0 Å². The van der Waals surface area contributed by atoms with Crippen molar-refractivity contribution in [1.82, 2.24) is 15.1 Å². The number of aliphatic carboxylic acids is 1. The van der Waals surface area contributed by atoms with E-state index < -0.39 is 17.9 Å². The molecule has 2 N–H and O–H groups in total. The van der Waals surface area contributed by atoms with Crippen molar-refractivity contribution in [1.29, 1.82) is 0 Å². The van der Waals surface area contributed by atoms with Crippen molar-refractivity contribution in [3.05, 3.63) is 90.6 Å². The number of aromatic nitrogens is 2. The van der Waals surface area contributed by atoms with E-state index in [1.807, 2.05) is 68.6 Å². The molecule has 4 aromatic rings. The molecule has 3 aromatic carbocycles. The minimum Gasteiger partial charge on any atom is -0.480 e. The Hall–Kier alpha value is -4.19. The molecule has 0 bridgehead atoms. The summed E-state index contributed by atoms with van der Waals surface area (Å²) in [4.78, 5) is 24.1. The molecule has 0 radical (unpaired) electrons. The molecule has 0 saturated carbocycles. The van der Waals surface area contributed by atoms with Crippen LogP contribution in [0.3, 0.4) is 0 Å². The molecule has 2 atom stereocenters. The maximum Gasteiger partial charge on any atom is 0.326 e. The first-order valence-electron chi connectivity index (χ1n) is 11.3. The van der Waals surface area contributed by atoms with Gasteiger partial charge in [0.2, 0.25) is 5.91 Å². The summed E-state index contributed by atoms with van der Waals surface area (Å²) in [5.41, 5.74) is 3.31. The Morgan fingerprint density at radius 1 is 1.03 bits per heavy atom. The van der Waals surface area contributed by atoms with Crippen molar-refractivity contribution >= 4 is 28.7 Å². The van der Waals surface area contributed by atoms with Crippen LogP contribution in [0.1, 0.15) is 25.8 Å². The monoisotopic (exact) mass is 453 g/mol. The van der Waals surface area contributed by atoms with Gasteiger partial charge in [0.25, 0.3) is 0 Å². The number of rotatable bonds is 8. The maximum atomic E-state index is 12.6. The Morgan fingerprint density at radius 3 is 2.44 bits per heavy atom. The number of fused-ring (bicyclic) bond motifs is 1. The average molecular weight is 454 g/mol. The SMILES string of the molecule is CCC(C)C(NC(=O)/C=C/c1cn(-c2ccccc2)nc1-c1ccc2ccccc2c1)C(=O)O. The third-order valence-corrected chi connectivity index (χ3v) is 5.98. The highest BCUT2D eigenvalue weighted by Crippen LogP contribution is 2.28. The minimum atomic E-state index is -1.04. The molecule has 6 nitrogen and oxygen atoms in total. The van der Waals surface area contributed by atoms with Gasteiger partial charge in [-0.25, -0.2) is 9.48 Å². The van der Waals surface area contributed by atoms with Gasteiger partial charge >= 0.3 is 5.97 Å². The second kappa shape index (κ2) is 10.2. The fourth-order valence-electron chi connectivity index (χ4n) is 3.83. The van der Waals surface area contributed by atoms with E-state index in [0.717, 1.165) is 33.3 Å². The maximum absolute atomic E-state index is 12.6. The Kier molecular flexibility index (Phi) is 6.87. The number of hydrogen-bond acceptors (Lipinski definition) is 3. The van der Waals surface area contributed by atoms with Crippen LogP contribution in [0.15, 0.2) is 85.1 Å². The van der Waals surface area contributed by atoms with Crippen molar-refractivity contribution in [3.63, 3.8) is 0 Å². The van der Waals surface area contributed by atoms with Gasteiger partial charge in [-0.15, -0.1) is 0 Å². The zero-order chi connectivity index (χ0) is 24.1. The quantitative estimate of drug-likeness (QED) is 0.354. The normalized spacial score (nSPS) is 13.1. The molecule has 0 aliphatic carbocycles. The van der Waals surface area contributed by atoms with Gasteiger partial charge in [0.15, 0.2) is 0 Å². The highest BCUT2D eigenvalue weighted by molar-refractivity contribution is 5.95. The largest absolute Gasteiger partial charge is 0.480 e. The van der Waals surface area contributed by atoms with Gasteiger partial charge in [0.05, 0.1) is 11.4 Å². The van der Waals surface area contributed by atoms with Crippen LogP contribution in [-0.4, -0.2) is 32.8 Å². The predicted molar refractivity (Wildman–Crippen MR) is 135 cm³/mol. The van der Waals surface area contributed by atoms with Crippen LogP contribution in [-0.2, 0) is 9.59 Å². The van der Waals surface area contributed by atoms with Crippen LogP contribution >= 0.6 is 0 Å². The fraction of sp³-hybridized carbons (Fsp3) is 0.179. The molecule has 172 valence electrons. The van der Waals surface area contributed by atoms with E-state index in [-0.39, 0.29) is 5.92 Å². The molecule has 1 amide bonds. The highest BCUT2D eigenvalue weighted by Gasteiger charge is 2.24. The van der Waals surface area contributed by atoms with Gasteiger partial charge in [-0.3, -0.25) is 4.79 Å². The van der Waals surface area contributed by atoms with Crippen LogP contribution in [0, 0.1) is 5.92 Å². The third-order valence-electron chi connectivity index (χ3n) is 5.98. The first kappa shape index (κ1) is 23.0. The molecule has 1 aromatic heterocycles. The zero-order valence-corrected chi connectivity index (χ0v) is 19.2. The summed E-state index contributed by atoms with van der Waals surface area (Å²) < 4.78 is 1.78. The van der Waals surface area contributed by atoms with E-state index in [2.05, 4.69) is 29.6 Å². The van der Waals surface area contributed by atoms with E-state index in [1.165, 1.54) is 6.08 Å². The summed E-state index contributed by atoms with van der Waals surface area (Å²) >= 11 is 0. The molecular formula is C28H27N3O3. The van der Waals surface area contributed by atoms with Crippen LogP contribution in [0.25, 0.3) is 33.8 Å². The molecule has 34 heavy (non-hydrogen) atoms. The number of para-hydroxylation sites is 1. The second-order valence-electron chi connectivity index (χ2n) is 8.32. The van der Waals surface area contributed by atoms with Crippen LogP contribution in [0.5, 0.6) is 0 Å². The average Bonchev–Trinajstić information content (AvgIpc) is 3.30. The number of benzene rings is 3. The number of nitrogens with zero attached hydrogens (tertiary/aromatic N) is 2. The van der Waals surface area contributed by atoms with Gasteiger partial charge < -0.3 is 10.4 Å². The van der Waals surface area contributed by atoms with Gasteiger partial charge in [-0.05, 0) is 41.0 Å². The second-order valence-corrected chi connectivity index (χ2v) is 8.32. The number of hydrogen-bond donors (Lipinski definition) is 2. The van der Waals surface area contributed by atoms with Gasteiger partial charge in [-0.1, -0.05) is 74.9 Å². The minimum absolute atomic E-state index is 0.177. The zero-order valence-electron chi connectivity index (χ0n) is 19.2. The number of amides is 1. The summed E-state index contributed by atoms with van der Waals surface area (Å²) in [6.07, 6.45) is 5.57. The predicted octanol–water partition coefficient (Wildman–Crippen LogP) is 5.32. The van der Waals surface area contributed by atoms with Crippen molar-refractivity contribution in [2.24, 2.45) is 5.92 Å². The topological polar surface area (TPSA) is 84.2 Å². The number of carboxylic acids is 1. The van der Waals surface area contributed by atoms with Crippen molar-refractivity contribution in [2.75, 3.05) is 0 Å². The molecule has 0 aliphatic heterocycles. The Bertz CT molecular complexity index is 1340. The summed E-state index contributed by atoms with van der Waals surface area (Å²) in [7, 11) is 0. The molecule has 0 fully saturated rings. The number of carbonyl (C=O) groups excluding carboxylic acids is 1. The molecule has 2 unspecified atom stereocenters. The molecule has 0 aliphatic rings. The lowest BCUT2D eigenvalue weighted by Crippen LogP contribution is -2.44. The van der Waals surface area contributed by atoms with Crippen LogP contribution in [0.2, 0.25) is 0 Å². The van der Waals surface area contributed by atoms with Gasteiger partial charge in [0.1, 0.15) is 6.04 Å². The molecule has 0 spiro atoms. The lowest BCUT2D eigenvalue weighted by Gasteiger charge is -2.19. The summed E-state index contributed by atoms with van der Waals surface area (Å²) in [5, 5.41) is 19.1. The van der Waals surface area contributed by atoms with E-state index in [9.17, 15) is 14.7 Å². The summed E-state index contributed by atoms with van der Waals surface area (Å²) in [5.74, 6) is -1.67. The third kappa shape index (κ3) is 5.07. The van der Waals surface area contributed by atoms with E-state index in [1.54, 1.807) is 10.8 Å². The van der Waals surface area contributed by atoms with Gasteiger partial charge in [0, 0.05) is 23.4 Å². The first-order chi connectivity index (χ1) is 16.5. The van der Waals surface area contributed by atoms with E-state index in [4.69, 9.17) is 5.10 Å². The lowest BCUT2D eigenvalue weighted by molar-refractivity contribution is -0.142. The standard InChI is InChI=1S/C28H27N3O3/c1-3-19(2)26(28(33)34)29-25(32)16-15-23-18-31(24-11-5-4-6-12-24)30-27(23)22-14-13-20-9-7-8-10-21(20)17-22/h4-19,26H,3H2,1-2H3,(H,29,32)(H,33,34)/b16-15+. The number of nitrogens with one attached hydrogen (secondary N) is 1. The highest BCUT2D eigenvalue weighted by atomic mass is 16.4. The smallest absolute Gasteiger partial charge is 0.326 e. The molecule has 4 rings (SSSR count). The lowest BCUT2D eigenvalue weighted by atomic mass is 9.99. The number of carboxylic acid groups (broad SMARTS) is 1. The van der Waals surface area contributed by atoms with Gasteiger partial charge in [-0.2, -0.15) is 5.10 Å². The van der Waals surface area contributed by atoms with Crippen molar-refractivity contribution in [3.8, 4) is 16.9 Å². The Morgan fingerprint density at radius 2 is 1.74 bits per heavy atom. The first-order valence-corrected chi connectivity index (χ1v) is 11.3. The Labute approximate surface area is 198 Å². The van der Waals surface area contributed by atoms with Crippen LogP contribution in [0.4, 0.5) is 0 Å². The molecular weight excluding hydrogens is 426 g/mol. The van der Waals surface area contributed by atoms with Crippen molar-refractivity contribution < 1.29 is 14.7 Å². The Balaban J connectivity index is 1.69. The number of carbonyl (C=O) groups is 2. The summed E-state index contributed by atoms with van der Waals surface area (Å²) in [6, 6.07) is 23.1. The van der Waals surface area contributed by atoms with Crippen LogP contribution < -0.4 is 5.32 Å². The molecule has 6 heteroatoms. The van der Waals surface area contributed by atoms with Crippen molar-refractivity contribution in [2.45, 2.75) is 26.3 Å². The fourth-order valence-corrected chi connectivity index (χ4v) is 3.83. The molecule has 0 saturated heterocycles. The molecule has 1 heterocycles. The van der Waals surface area contributed by atoms with E-state index in [0.29, 0.717) is 6.42 Å². The summed E-state index contributed by atoms with van der Waals surface area (Å²) in [6.45, 7) is 3.71.